The molecule has 1 saturated heterocycles. The van der Waals surface area contributed by atoms with Crippen LogP contribution in [0, 0.1) is 0 Å². The lowest BCUT2D eigenvalue weighted by Crippen LogP contribution is -2.27. The molecule has 0 radical (unpaired) electrons. The number of fused-ring (bicyclic) bond motifs is 5. The number of rotatable bonds is 8. The highest BCUT2D eigenvalue weighted by molar-refractivity contribution is 6.25. The highest BCUT2D eigenvalue weighted by Crippen LogP contribution is 2.37. The van der Waals surface area contributed by atoms with Crippen molar-refractivity contribution in [2.24, 2.45) is 20.7 Å². The van der Waals surface area contributed by atoms with Crippen LogP contribution in [-0.4, -0.2) is 56.9 Å². The van der Waals surface area contributed by atoms with E-state index < -0.39 is 11.9 Å². The van der Waals surface area contributed by atoms with Gasteiger partial charge in [0.1, 0.15) is 0 Å². The molecule has 0 unspecified atom stereocenters. The third-order valence-corrected chi connectivity index (χ3v) is 8.63. The van der Waals surface area contributed by atoms with E-state index in [1.54, 1.807) is 12.3 Å². The summed E-state index contributed by atoms with van der Waals surface area (Å²) in [5.41, 5.74) is 17.5. The molecule has 10 nitrogen and oxygen atoms in total. The number of allylic oxidation sites excluding steroid dienone is 7. The minimum Gasteiger partial charge on any atom is -0.481 e. The summed E-state index contributed by atoms with van der Waals surface area (Å²) in [6.45, 7) is 10.8. The molecule has 0 amide bonds. The Kier molecular flexibility index (Phi) is 7.38. The Labute approximate surface area is 254 Å². The maximum absolute atomic E-state index is 11.6. The van der Waals surface area contributed by atoms with Crippen LogP contribution in [0.1, 0.15) is 57.7 Å². The van der Waals surface area contributed by atoms with Crippen molar-refractivity contribution in [3.63, 3.8) is 0 Å². The first-order valence-electron chi connectivity index (χ1n) is 14.6. The van der Waals surface area contributed by atoms with E-state index in [9.17, 15) is 19.8 Å². The molecule has 1 atom stereocenters. The van der Waals surface area contributed by atoms with E-state index in [1.165, 1.54) is 0 Å². The summed E-state index contributed by atoms with van der Waals surface area (Å²) in [7, 11) is 0. The first kappa shape index (κ1) is 29.0. The van der Waals surface area contributed by atoms with Crippen molar-refractivity contribution in [2.45, 2.75) is 52.5 Å². The smallest absolute Gasteiger partial charge is 0.303 e. The first-order chi connectivity index (χ1) is 21.1. The van der Waals surface area contributed by atoms with Gasteiger partial charge in [-0.25, -0.2) is 15.0 Å². The highest BCUT2D eigenvalue weighted by Gasteiger charge is 2.34. The van der Waals surface area contributed by atoms with Crippen LogP contribution in [0.5, 0.6) is 0 Å². The number of aromatic nitrogens is 1. The summed E-state index contributed by atoms with van der Waals surface area (Å²) in [4.78, 5) is 41.6. The minimum atomic E-state index is -0.902. The second kappa shape index (κ2) is 11.2. The topological polar surface area (TPSA) is 175 Å². The lowest BCUT2D eigenvalue weighted by Gasteiger charge is -2.07. The molecule has 5 aliphatic heterocycles. The molecule has 44 heavy (non-hydrogen) atoms. The molecule has 6 rings (SSSR count). The summed E-state index contributed by atoms with van der Waals surface area (Å²) >= 11 is 0. The number of carbonyl (C=O) groups is 2. The summed E-state index contributed by atoms with van der Waals surface area (Å²) in [5, 5.41) is 23.9. The molecule has 1 fully saturated rings. The van der Waals surface area contributed by atoms with E-state index in [1.807, 2.05) is 38.2 Å². The van der Waals surface area contributed by atoms with Crippen LogP contribution < -0.4 is 21.6 Å². The molecule has 1 aromatic heterocycles. The Morgan fingerprint density at radius 2 is 1.50 bits per heavy atom. The molecule has 6 N–H and O–H groups in total. The molecule has 5 aliphatic rings. The van der Waals surface area contributed by atoms with Crippen molar-refractivity contribution in [3.8, 4) is 0 Å². The number of aromatic amines is 1. The van der Waals surface area contributed by atoms with Crippen LogP contribution in [-0.2, 0) is 9.59 Å². The molecular weight excluding hydrogens is 556 g/mol. The quantitative estimate of drug-likeness (QED) is 0.290. The summed E-state index contributed by atoms with van der Waals surface area (Å²) in [5.74, 6) is -1.80. The predicted octanol–water partition coefficient (Wildman–Crippen LogP) is 3.27. The zero-order chi connectivity index (χ0) is 31.3. The number of aliphatic carboxylic acids is 2. The number of H-pyrrole nitrogens is 1. The van der Waals surface area contributed by atoms with E-state index in [4.69, 9.17) is 20.7 Å². The molecule has 0 saturated carbocycles. The third-order valence-electron chi connectivity index (χ3n) is 8.63. The third kappa shape index (κ3) is 5.17. The predicted molar refractivity (Wildman–Crippen MR) is 173 cm³/mol. The average Bonchev–Trinajstić information content (AvgIpc) is 3.50. The molecule has 6 heterocycles. The normalized spacial score (nSPS) is 21.1. The number of carboxylic acids is 2. The van der Waals surface area contributed by atoms with E-state index in [0.29, 0.717) is 29.2 Å². The van der Waals surface area contributed by atoms with Crippen LogP contribution in [0.2, 0.25) is 0 Å². The molecule has 224 valence electrons. The van der Waals surface area contributed by atoms with E-state index in [2.05, 4.69) is 23.8 Å². The van der Waals surface area contributed by atoms with Gasteiger partial charge in [0.05, 0.1) is 39.6 Å². The van der Waals surface area contributed by atoms with Crippen molar-refractivity contribution in [1.82, 2.24) is 10.3 Å². The van der Waals surface area contributed by atoms with Gasteiger partial charge in [-0.15, -0.1) is 0 Å². The Morgan fingerprint density at radius 1 is 0.886 bits per heavy atom. The number of nitrogens with one attached hydrogen (secondary N) is 2. The van der Waals surface area contributed by atoms with E-state index in [0.717, 1.165) is 73.2 Å². The number of nitrogens with two attached hydrogens (primary N) is 1. The zero-order valence-electron chi connectivity index (χ0n) is 24.9. The Hall–Kier alpha value is -5.09. The van der Waals surface area contributed by atoms with Crippen molar-refractivity contribution in [2.75, 3.05) is 6.54 Å². The zero-order valence-corrected chi connectivity index (χ0v) is 24.9. The van der Waals surface area contributed by atoms with Crippen molar-refractivity contribution in [1.29, 1.82) is 0 Å². The average molecular weight is 591 g/mol. The molecule has 8 bridgehead atoms. The van der Waals surface area contributed by atoms with Gasteiger partial charge in [0, 0.05) is 53.7 Å². The second-order valence-electron chi connectivity index (χ2n) is 11.4. The summed E-state index contributed by atoms with van der Waals surface area (Å²) in [6, 6.07) is 0.199. The lowest BCUT2D eigenvalue weighted by atomic mass is 9.96. The van der Waals surface area contributed by atoms with E-state index >= 15 is 0 Å². The first-order valence-corrected chi connectivity index (χ1v) is 14.6. The molecule has 0 aliphatic carbocycles. The number of aliphatic imine (C=N–C) groups is 3. The van der Waals surface area contributed by atoms with Gasteiger partial charge in [0.15, 0.2) is 0 Å². The van der Waals surface area contributed by atoms with Crippen LogP contribution in [0.15, 0.2) is 84.2 Å². The SMILES string of the molecule is C=Cc1c2[nH]c(c1=CN)=CC1=NC(=CC3=NC(=CC4=NC(=C2)C(C)=C4CCC(=O)O)C(CCC(=O)O)=C3C)C(C)=C1[C@@H]1CN1. The van der Waals surface area contributed by atoms with Crippen LogP contribution in [0.3, 0.4) is 0 Å². The fourth-order valence-corrected chi connectivity index (χ4v) is 6.16. The number of carboxylic acid groups (broad SMARTS) is 2. The second-order valence-corrected chi connectivity index (χ2v) is 11.4. The Bertz CT molecular complexity index is 1970. The number of hydrogen-bond donors (Lipinski definition) is 5. The van der Waals surface area contributed by atoms with Gasteiger partial charge in [-0.1, -0.05) is 12.7 Å². The van der Waals surface area contributed by atoms with Gasteiger partial charge in [-0.05, 0) is 85.8 Å². The van der Waals surface area contributed by atoms with Crippen molar-refractivity contribution in [3.05, 3.63) is 91.1 Å². The van der Waals surface area contributed by atoms with Crippen LogP contribution in [0.4, 0.5) is 0 Å². The van der Waals surface area contributed by atoms with Crippen molar-refractivity contribution >= 4 is 53.5 Å². The summed E-state index contributed by atoms with van der Waals surface area (Å²) in [6.07, 6.45) is 11.5. The van der Waals surface area contributed by atoms with Gasteiger partial charge in [0.25, 0.3) is 0 Å². The van der Waals surface area contributed by atoms with Gasteiger partial charge < -0.3 is 26.2 Å². The Morgan fingerprint density at radius 3 is 2.14 bits per heavy atom. The van der Waals surface area contributed by atoms with Gasteiger partial charge in [-0.2, -0.15) is 0 Å². The van der Waals surface area contributed by atoms with Crippen LogP contribution >= 0.6 is 0 Å². The van der Waals surface area contributed by atoms with Gasteiger partial charge in [0.2, 0.25) is 0 Å². The Balaban J connectivity index is 1.64. The highest BCUT2D eigenvalue weighted by atomic mass is 16.4. The monoisotopic (exact) mass is 590 g/mol. The maximum atomic E-state index is 11.6. The molecule has 0 spiro atoms. The van der Waals surface area contributed by atoms with Crippen LogP contribution in [0.25, 0.3) is 24.4 Å². The molecule has 1 aromatic rings. The van der Waals surface area contributed by atoms with Gasteiger partial charge in [-0.3, -0.25) is 9.59 Å². The molecule has 10 heteroatoms. The molecule has 0 aromatic carbocycles. The standard InChI is InChI=1S/C34H34N6O4/c1-5-19-22(14-35)29-13-30-34(31-15-36-31)18(4)25(39-30)10-23-16(2)20(6-8-32(41)42)27(37-23)12-28-21(7-9-33(43)44)17(3)24(38-28)11-26(19)40-29/h5,10-14,31,36,40H,1,6-9,15,35H2,2-4H3,(H,41,42)(H,43,44)/t31-/m0/s1. The van der Waals surface area contributed by atoms with Gasteiger partial charge >= 0.3 is 11.9 Å². The maximum Gasteiger partial charge on any atom is 0.303 e. The lowest BCUT2D eigenvalue weighted by molar-refractivity contribution is -0.137. The fraction of sp³-hybridized carbons (Fsp3) is 0.265. The molecular formula is C34H34N6O4. The largest absolute Gasteiger partial charge is 0.481 e. The number of hydrogen-bond acceptors (Lipinski definition) is 7. The summed E-state index contributed by atoms with van der Waals surface area (Å²) < 4.78 is 0. The fourth-order valence-electron chi connectivity index (χ4n) is 6.16. The van der Waals surface area contributed by atoms with Crippen molar-refractivity contribution < 1.29 is 19.8 Å². The number of nitrogens with zero attached hydrogens (tertiary/aromatic N) is 3. The van der Waals surface area contributed by atoms with E-state index in [-0.39, 0.29) is 25.3 Å². The minimum absolute atomic E-state index is 0.0464.